The van der Waals surface area contributed by atoms with Crippen LogP contribution in [0.3, 0.4) is 0 Å². The van der Waals surface area contributed by atoms with Crippen LogP contribution in [-0.4, -0.2) is 18.5 Å². The summed E-state index contributed by atoms with van der Waals surface area (Å²) >= 11 is 0. The largest absolute Gasteiger partial charge is 0.472 e. The van der Waals surface area contributed by atoms with E-state index >= 15 is 0 Å². The van der Waals surface area contributed by atoms with Crippen LogP contribution in [0.25, 0.3) is 29.0 Å². The standard InChI is InChI=1S/C49H36F2N2O2/c1-48(2)42-14-8-9-15-43(42)53(3)44(48)30-52-45-40-13-7-5-11-32(40)28-33(46(45)54)16-17-34-29-31-10-4-6-12-39(31)41-26-27-49(55-47(34)41,35-18-22-37(50)23-19-35)36-20-24-38(51)25-21-36/h4-30H,1-3H3/b17-16+,44-30-,52-45?. The van der Waals surface area contributed by atoms with E-state index in [1.165, 1.54) is 29.8 Å². The maximum absolute atomic E-state index is 14.4. The number of rotatable bonds is 5. The molecule has 3 aliphatic rings. The summed E-state index contributed by atoms with van der Waals surface area (Å²) in [5.74, 6) is -0.351. The number of aliphatic imine (C=N–C) groups is 1. The molecule has 0 spiro atoms. The second kappa shape index (κ2) is 13.0. The maximum Gasteiger partial charge on any atom is 0.211 e. The van der Waals surface area contributed by atoms with Crippen LogP contribution in [0.1, 0.15) is 52.8 Å². The zero-order chi connectivity index (χ0) is 37.9. The molecule has 0 saturated heterocycles. The number of allylic oxidation sites excluding steroid dienone is 3. The number of hydrogen-bond donors (Lipinski definition) is 0. The van der Waals surface area contributed by atoms with Crippen LogP contribution in [0.2, 0.25) is 0 Å². The second-order valence-electron chi connectivity index (χ2n) is 14.7. The average Bonchev–Trinajstić information content (AvgIpc) is 3.40. The van der Waals surface area contributed by atoms with Crippen LogP contribution in [0.4, 0.5) is 14.5 Å². The van der Waals surface area contributed by atoms with E-state index in [4.69, 9.17) is 9.73 Å². The Kier molecular flexibility index (Phi) is 8.08. The van der Waals surface area contributed by atoms with Crippen LogP contribution in [0.15, 0.2) is 162 Å². The van der Waals surface area contributed by atoms with Gasteiger partial charge in [-0.15, -0.1) is 0 Å². The number of carbonyl (C=O) groups is 1. The molecular formula is C49H36F2N2O2. The lowest BCUT2D eigenvalue weighted by molar-refractivity contribution is -0.109. The van der Waals surface area contributed by atoms with Gasteiger partial charge in [-0.1, -0.05) is 117 Å². The van der Waals surface area contributed by atoms with Crippen molar-refractivity contribution in [3.8, 4) is 5.75 Å². The minimum atomic E-state index is -1.19. The van der Waals surface area contributed by atoms with Crippen LogP contribution in [0, 0.1) is 11.6 Å². The molecule has 9 rings (SSSR count). The van der Waals surface area contributed by atoms with Crippen molar-refractivity contribution >= 4 is 46.2 Å². The van der Waals surface area contributed by atoms with Crippen molar-refractivity contribution in [1.82, 2.24) is 0 Å². The Balaban J connectivity index is 1.15. The first kappa shape index (κ1) is 34.1. The molecule has 0 radical (unpaired) electrons. The van der Waals surface area contributed by atoms with Gasteiger partial charge in [0.15, 0.2) is 5.60 Å². The molecule has 6 heteroatoms. The zero-order valence-corrected chi connectivity index (χ0v) is 30.6. The molecule has 0 amide bonds. The molecule has 6 aromatic rings. The van der Waals surface area contributed by atoms with E-state index in [1.807, 2.05) is 110 Å². The predicted octanol–water partition coefficient (Wildman–Crippen LogP) is 11.2. The van der Waals surface area contributed by atoms with Crippen LogP contribution in [-0.2, 0) is 15.8 Å². The zero-order valence-electron chi connectivity index (χ0n) is 30.6. The number of anilines is 1. The molecule has 0 fully saturated rings. The Morgan fingerprint density at radius 1 is 0.764 bits per heavy atom. The van der Waals surface area contributed by atoms with Gasteiger partial charge in [0.1, 0.15) is 23.1 Å². The van der Waals surface area contributed by atoms with Crippen LogP contribution in [0.5, 0.6) is 5.75 Å². The van der Waals surface area contributed by atoms with Crippen molar-refractivity contribution < 1.29 is 18.3 Å². The molecule has 0 saturated carbocycles. The number of Topliss-reactive ketones (excluding diaryl/α,β-unsaturated/α-hetero) is 1. The summed E-state index contributed by atoms with van der Waals surface area (Å²) < 4.78 is 35.5. The van der Waals surface area contributed by atoms with Gasteiger partial charge < -0.3 is 9.64 Å². The van der Waals surface area contributed by atoms with Gasteiger partial charge in [0, 0.05) is 63.4 Å². The summed E-state index contributed by atoms with van der Waals surface area (Å²) in [5.41, 5.74) is 7.34. The minimum absolute atomic E-state index is 0.190. The monoisotopic (exact) mass is 722 g/mol. The van der Waals surface area contributed by atoms with E-state index in [2.05, 4.69) is 30.9 Å². The molecule has 2 aliphatic heterocycles. The minimum Gasteiger partial charge on any atom is -0.472 e. The van der Waals surface area contributed by atoms with E-state index in [-0.39, 0.29) is 22.8 Å². The number of carbonyl (C=O) groups excluding carboxylic acids is 1. The number of fused-ring (bicyclic) bond motifs is 5. The number of hydrogen-bond acceptors (Lipinski definition) is 4. The normalized spacial score (nSPS) is 18.0. The number of benzene rings is 6. The second-order valence-corrected chi connectivity index (χ2v) is 14.7. The van der Waals surface area contributed by atoms with Gasteiger partial charge in [0.05, 0.1) is 0 Å². The van der Waals surface area contributed by atoms with Gasteiger partial charge in [-0.2, -0.15) is 0 Å². The molecule has 2 heterocycles. The summed E-state index contributed by atoms with van der Waals surface area (Å²) in [7, 11) is 2.03. The number of ether oxygens (including phenoxy) is 1. The molecule has 0 unspecified atom stereocenters. The molecule has 0 atom stereocenters. The SMILES string of the molecule is CN1/C(=C\N=C2C(=O)C(/C=C/c3cc4ccccc4c4c3OC(c3ccc(F)cc3)(c3ccc(F)cc3)C=C4)=Cc3ccccc32)C(C)(C)c2ccccc21. The summed E-state index contributed by atoms with van der Waals surface area (Å²) in [6, 6.07) is 38.6. The first-order valence-corrected chi connectivity index (χ1v) is 18.3. The number of para-hydroxylation sites is 1. The van der Waals surface area contributed by atoms with Gasteiger partial charge in [-0.25, -0.2) is 8.78 Å². The number of nitrogens with zero attached hydrogens (tertiary/aromatic N) is 2. The molecule has 268 valence electrons. The van der Waals surface area contributed by atoms with Crippen molar-refractivity contribution in [3.63, 3.8) is 0 Å². The summed E-state index contributed by atoms with van der Waals surface area (Å²) in [6.45, 7) is 4.35. The Morgan fingerprint density at radius 2 is 1.42 bits per heavy atom. The fourth-order valence-electron chi connectivity index (χ4n) is 8.17. The van der Waals surface area contributed by atoms with E-state index < -0.39 is 5.60 Å². The highest BCUT2D eigenvalue weighted by atomic mass is 19.1. The first-order valence-electron chi connectivity index (χ1n) is 18.3. The Bertz CT molecular complexity index is 2650. The molecule has 6 aromatic carbocycles. The van der Waals surface area contributed by atoms with Gasteiger partial charge in [-0.3, -0.25) is 9.79 Å². The quantitative estimate of drug-likeness (QED) is 0.178. The van der Waals surface area contributed by atoms with Crippen molar-refractivity contribution in [2.45, 2.75) is 24.9 Å². The lowest BCUT2D eigenvalue weighted by Gasteiger charge is -2.37. The van der Waals surface area contributed by atoms with Gasteiger partial charge in [0.25, 0.3) is 0 Å². The summed E-state index contributed by atoms with van der Waals surface area (Å²) in [6.07, 6.45) is 11.4. The van der Waals surface area contributed by atoms with E-state index in [0.29, 0.717) is 28.2 Å². The highest BCUT2D eigenvalue weighted by Gasteiger charge is 2.40. The van der Waals surface area contributed by atoms with Gasteiger partial charge in [0.2, 0.25) is 5.78 Å². The number of ketones is 1. The van der Waals surface area contributed by atoms with E-state index in [1.54, 1.807) is 24.3 Å². The Morgan fingerprint density at radius 3 is 2.15 bits per heavy atom. The van der Waals surface area contributed by atoms with Crippen LogP contribution < -0.4 is 9.64 Å². The van der Waals surface area contributed by atoms with Gasteiger partial charge in [-0.05, 0) is 76.5 Å². The number of halogens is 2. The molecule has 55 heavy (non-hydrogen) atoms. The molecule has 1 aliphatic carbocycles. The average molecular weight is 723 g/mol. The molecule has 4 nitrogen and oxygen atoms in total. The van der Waals surface area contributed by atoms with Crippen LogP contribution >= 0.6 is 0 Å². The Labute approximate surface area is 318 Å². The molecule has 0 N–H and O–H groups in total. The highest BCUT2D eigenvalue weighted by molar-refractivity contribution is 6.54. The lowest BCUT2D eigenvalue weighted by atomic mass is 9.82. The summed E-state index contributed by atoms with van der Waals surface area (Å²) in [4.78, 5) is 21.5. The third-order valence-electron chi connectivity index (χ3n) is 11.1. The fraction of sp³-hybridized carbons (Fsp3) is 0.102. The summed E-state index contributed by atoms with van der Waals surface area (Å²) in [5, 5.41) is 1.99. The molecule has 0 bridgehead atoms. The lowest BCUT2D eigenvalue weighted by Crippen LogP contribution is -2.34. The van der Waals surface area contributed by atoms with Crippen molar-refractivity contribution in [2.75, 3.05) is 11.9 Å². The Hall–Kier alpha value is -6.66. The van der Waals surface area contributed by atoms with Gasteiger partial charge >= 0.3 is 0 Å². The van der Waals surface area contributed by atoms with E-state index in [9.17, 15) is 13.6 Å². The van der Waals surface area contributed by atoms with Crippen molar-refractivity contribution in [1.29, 1.82) is 0 Å². The molecular weight excluding hydrogens is 687 g/mol. The van der Waals surface area contributed by atoms with E-state index in [0.717, 1.165) is 44.4 Å². The van der Waals surface area contributed by atoms with Crippen molar-refractivity contribution in [2.24, 2.45) is 4.99 Å². The third-order valence-corrected chi connectivity index (χ3v) is 11.1. The number of likely N-dealkylation sites (N-methyl/N-ethyl adjacent to an activating group) is 1. The molecule has 0 aromatic heterocycles. The smallest absolute Gasteiger partial charge is 0.211 e. The van der Waals surface area contributed by atoms with Crippen molar-refractivity contribution in [3.05, 3.63) is 208 Å². The third kappa shape index (κ3) is 5.64. The maximum atomic E-state index is 14.4. The first-order chi connectivity index (χ1) is 26.6. The highest BCUT2D eigenvalue weighted by Crippen LogP contribution is 2.48. The fourth-order valence-corrected chi connectivity index (χ4v) is 8.17. The predicted molar refractivity (Wildman–Crippen MR) is 218 cm³/mol. The topological polar surface area (TPSA) is 41.9 Å².